The third-order valence-corrected chi connectivity index (χ3v) is 6.08. The van der Waals surface area contributed by atoms with Crippen molar-refractivity contribution in [3.63, 3.8) is 0 Å². The molecule has 1 aliphatic carbocycles. The number of ether oxygens (including phenoxy) is 1. The normalized spacial score (nSPS) is 25.4. The van der Waals surface area contributed by atoms with Crippen LogP contribution in [0.15, 0.2) is 24.4 Å². The number of carbonyl (C=O) groups is 1. The van der Waals surface area contributed by atoms with Crippen LogP contribution in [0.2, 0.25) is 0 Å². The van der Waals surface area contributed by atoms with E-state index in [9.17, 15) is 21.6 Å². The molecule has 0 spiro atoms. The Bertz CT molecular complexity index is 757. The Morgan fingerprint density at radius 2 is 2.11 bits per heavy atom. The van der Waals surface area contributed by atoms with Gasteiger partial charge in [0.05, 0.1) is 12.9 Å². The highest BCUT2D eigenvalue weighted by molar-refractivity contribution is 7.88. The molecule has 7 nitrogen and oxygen atoms in total. The maximum Gasteiger partial charge on any atom is 0.490 e. The van der Waals surface area contributed by atoms with Gasteiger partial charge in [-0.1, -0.05) is 12.5 Å². The second-order valence-electron chi connectivity index (χ2n) is 6.77. The number of pyridine rings is 1. The molecule has 11 heteroatoms. The van der Waals surface area contributed by atoms with Gasteiger partial charge in [0.2, 0.25) is 15.9 Å². The molecule has 0 aromatic carbocycles. The van der Waals surface area contributed by atoms with Crippen LogP contribution in [0.25, 0.3) is 0 Å². The van der Waals surface area contributed by atoms with Crippen molar-refractivity contribution in [3.8, 4) is 5.88 Å². The molecule has 2 aliphatic rings. The number of alkyl halides is 3. The zero-order chi connectivity index (χ0) is 20.3. The second-order valence-corrected chi connectivity index (χ2v) is 8.75. The third-order valence-electron chi connectivity index (χ3n) is 4.87. The van der Waals surface area contributed by atoms with E-state index < -0.39 is 22.2 Å². The quantitative estimate of drug-likeness (QED) is 0.817. The van der Waals surface area contributed by atoms with E-state index in [1.807, 2.05) is 18.2 Å². The van der Waals surface area contributed by atoms with Gasteiger partial charge in [0.1, 0.15) is 0 Å². The number of sulfonamides is 1. The molecule has 0 amide bonds. The van der Waals surface area contributed by atoms with Crippen LogP contribution in [0.3, 0.4) is 0 Å². The van der Waals surface area contributed by atoms with E-state index in [2.05, 4.69) is 4.98 Å². The Labute approximate surface area is 155 Å². The van der Waals surface area contributed by atoms with Crippen molar-refractivity contribution < 1.29 is 36.2 Å². The number of halogens is 3. The Morgan fingerprint density at radius 3 is 2.63 bits per heavy atom. The number of aromatic nitrogens is 1. The van der Waals surface area contributed by atoms with Gasteiger partial charge in [-0.05, 0) is 24.8 Å². The van der Waals surface area contributed by atoms with E-state index in [0.29, 0.717) is 31.5 Å². The van der Waals surface area contributed by atoms with Gasteiger partial charge in [0.15, 0.2) is 0 Å². The third kappa shape index (κ3) is 5.55. The lowest BCUT2D eigenvalue weighted by Crippen LogP contribution is -2.35. The van der Waals surface area contributed by atoms with E-state index in [1.54, 1.807) is 10.5 Å². The zero-order valence-corrected chi connectivity index (χ0v) is 15.5. The average Bonchev–Trinajstić information content (AvgIpc) is 3.10. The van der Waals surface area contributed by atoms with Crippen molar-refractivity contribution >= 4 is 16.0 Å². The summed E-state index contributed by atoms with van der Waals surface area (Å²) in [6, 6.07) is 5.58. The molecular formula is C16H21F3N2O5S. The van der Waals surface area contributed by atoms with Gasteiger partial charge >= 0.3 is 12.1 Å². The lowest BCUT2D eigenvalue weighted by atomic mass is 9.82. The van der Waals surface area contributed by atoms with E-state index in [-0.39, 0.29) is 5.41 Å². The van der Waals surface area contributed by atoms with Crippen LogP contribution in [0.1, 0.15) is 19.3 Å². The molecule has 1 aromatic rings. The molecule has 1 saturated carbocycles. The standard InChI is InChI=1S/C14H20N2O3S.C2HF3O2/c1-20(17,18)16-9-12-5-4-7-14(12,10-16)11-19-13-6-2-3-8-15-13;3-2(4,5)1(6)7/h2-3,6,8,12H,4-5,7,9-11H2,1H3;(H,6,7)/t12-,14+;/m1./s1. The van der Waals surface area contributed by atoms with E-state index >= 15 is 0 Å². The predicted octanol–water partition coefficient (Wildman–Crippen LogP) is 2.16. The number of carboxylic acid groups (broad SMARTS) is 1. The van der Waals surface area contributed by atoms with Crippen LogP contribution in [0, 0.1) is 11.3 Å². The Balaban J connectivity index is 0.000000321. The molecule has 3 rings (SSSR count). The largest absolute Gasteiger partial charge is 0.490 e. The van der Waals surface area contributed by atoms with Gasteiger partial charge in [0.25, 0.3) is 0 Å². The highest BCUT2D eigenvalue weighted by atomic mass is 32.2. The van der Waals surface area contributed by atoms with Crippen molar-refractivity contribution in [1.82, 2.24) is 9.29 Å². The number of hydrogen-bond donors (Lipinski definition) is 1. The lowest BCUT2D eigenvalue weighted by Gasteiger charge is -2.28. The molecule has 1 saturated heterocycles. The first kappa shape index (κ1) is 21.4. The Morgan fingerprint density at radius 1 is 1.44 bits per heavy atom. The molecule has 0 unspecified atom stereocenters. The first-order chi connectivity index (χ1) is 12.4. The SMILES string of the molecule is CS(=O)(=O)N1C[C@H]2CCC[C@@]2(COc2ccccn2)C1.O=C(O)C(F)(F)F. The minimum absolute atomic E-state index is 0.0272. The zero-order valence-electron chi connectivity index (χ0n) is 14.6. The second kappa shape index (κ2) is 8.01. The lowest BCUT2D eigenvalue weighted by molar-refractivity contribution is -0.192. The summed E-state index contributed by atoms with van der Waals surface area (Å²) < 4.78 is 62.7. The fraction of sp³-hybridized carbons (Fsp3) is 0.625. The van der Waals surface area contributed by atoms with Crippen LogP contribution in [-0.2, 0) is 14.8 Å². The van der Waals surface area contributed by atoms with Crippen LogP contribution < -0.4 is 4.74 Å². The fourth-order valence-corrected chi connectivity index (χ4v) is 4.45. The summed E-state index contributed by atoms with van der Waals surface area (Å²) in [7, 11) is -3.10. The van der Waals surface area contributed by atoms with Gasteiger partial charge in [-0.3, -0.25) is 0 Å². The summed E-state index contributed by atoms with van der Waals surface area (Å²) in [5.74, 6) is -1.72. The van der Waals surface area contributed by atoms with Gasteiger partial charge < -0.3 is 9.84 Å². The monoisotopic (exact) mass is 410 g/mol. The molecule has 1 aliphatic heterocycles. The number of rotatable bonds is 4. The van der Waals surface area contributed by atoms with Gasteiger partial charge in [0, 0.05) is 30.8 Å². The van der Waals surface area contributed by atoms with Crippen LogP contribution in [-0.4, -0.2) is 60.9 Å². The van der Waals surface area contributed by atoms with E-state index in [0.717, 1.165) is 19.3 Å². The molecule has 152 valence electrons. The molecule has 2 heterocycles. The number of carboxylic acids is 1. The molecule has 1 N–H and O–H groups in total. The van der Waals surface area contributed by atoms with Crippen LogP contribution in [0.5, 0.6) is 5.88 Å². The first-order valence-corrected chi connectivity index (χ1v) is 10.1. The van der Waals surface area contributed by atoms with Crippen molar-refractivity contribution in [2.75, 3.05) is 26.0 Å². The summed E-state index contributed by atoms with van der Waals surface area (Å²) in [6.45, 7) is 1.79. The van der Waals surface area contributed by atoms with Crippen LogP contribution >= 0.6 is 0 Å². The minimum atomic E-state index is -5.08. The number of aliphatic carboxylic acids is 1. The molecule has 0 bridgehead atoms. The summed E-state index contributed by atoms with van der Waals surface area (Å²) in [6.07, 6.45) is 1.21. The number of hydrogen-bond acceptors (Lipinski definition) is 5. The summed E-state index contributed by atoms with van der Waals surface area (Å²) in [5.41, 5.74) is -0.0272. The Hall–Kier alpha value is -1.88. The van der Waals surface area contributed by atoms with Crippen molar-refractivity contribution in [3.05, 3.63) is 24.4 Å². The summed E-state index contributed by atoms with van der Waals surface area (Å²) >= 11 is 0. The molecule has 1 aromatic heterocycles. The summed E-state index contributed by atoms with van der Waals surface area (Å²) in [5, 5.41) is 7.12. The molecule has 27 heavy (non-hydrogen) atoms. The van der Waals surface area contributed by atoms with Crippen LogP contribution in [0.4, 0.5) is 13.2 Å². The molecule has 2 fully saturated rings. The Kier molecular flexibility index (Phi) is 6.35. The smallest absolute Gasteiger partial charge is 0.477 e. The summed E-state index contributed by atoms with van der Waals surface area (Å²) in [4.78, 5) is 13.1. The maximum absolute atomic E-state index is 11.8. The highest BCUT2D eigenvalue weighted by Crippen LogP contribution is 2.49. The first-order valence-electron chi connectivity index (χ1n) is 8.23. The fourth-order valence-electron chi connectivity index (χ4n) is 3.50. The highest BCUT2D eigenvalue weighted by Gasteiger charge is 2.52. The molecule has 2 atom stereocenters. The van der Waals surface area contributed by atoms with Gasteiger partial charge in [-0.15, -0.1) is 0 Å². The minimum Gasteiger partial charge on any atom is -0.477 e. The van der Waals surface area contributed by atoms with Crippen molar-refractivity contribution in [2.24, 2.45) is 11.3 Å². The van der Waals surface area contributed by atoms with Gasteiger partial charge in [-0.2, -0.15) is 13.2 Å². The van der Waals surface area contributed by atoms with E-state index in [4.69, 9.17) is 14.6 Å². The maximum atomic E-state index is 11.8. The van der Waals surface area contributed by atoms with Crippen molar-refractivity contribution in [1.29, 1.82) is 0 Å². The number of fused-ring (bicyclic) bond motifs is 1. The topological polar surface area (TPSA) is 96.8 Å². The molecule has 0 radical (unpaired) electrons. The molecular weight excluding hydrogens is 389 g/mol. The average molecular weight is 410 g/mol. The van der Waals surface area contributed by atoms with Crippen molar-refractivity contribution in [2.45, 2.75) is 25.4 Å². The number of nitrogens with zero attached hydrogens (tertiary/aromatic N) is 2. The van der Waals surface area contributed by atoms with E-state index in [1.165, 1.54) is 6.26 Å². The van der Waals surface area contributed by atoms with Gasteiger partial charge in [-0.25, -0.2) is 22.5 Å². The predicted molar refractivity (Wildman–Crippen MR) is 89.6 cm³/mol.